The fourth-order valence-corrected chi connectivity index (χ4v) is 2.72. The number of ether oxygens (including phenoxy) is 1. The smallest absolute Gasteiger partial charge is 0.229 e. The third-order valence-electron chi connectivity index (χ3n) is 3.91. The molecule has 1 aromatic rings. The van der Waals surface area contributed by atoms with E-state index >= 15 is 0 Å². The summed E-state index contributed by atoms with van der Waals surface area (Å²) in [6.45, 7) is 6.92. The largest absolute Gasteiger partial charge is 0.494 e. The second-order valence-electron chi connectivity index (χ2n) is 5.69. The minimum Gasteiger partial charge on any atom is -0.494 e. The molecule has 1 atom stereocenters. The summed E-state index contributed by atoms with van der Waals surface area (Å²) in [5, 5.41) is 3.27. The van der Waals surface area contributed by atoms with Crippen molar-refractivity contribution in [3.63, 3.8) is 0 Å². The second-order valence-corrected chi connectivity index (χ2v) is 5.69. The van der Waals surface area contributed by atoms with Gasteiger partial charge in [0.15, 0.2) is 0 Å². The molecule has 1 aliphatic heterocycles. The summed E-state index contributed by atoms with van der Waals surface area (Å²) >= 11 is 0. The molecule has 1 aromatic carbocycles. The molecular weight excluding hydrogens is 288 g/mol. The zero-order chi connectivity index (χ0) is 14.6. The van der Waals surface area contributed by atoms with Crippen molar-refractivity contribution < 1.29 is 9.53 Å². The number of hydrogen-bond acceptors (Lipinski definition) is 3. The molecule has 1 unspecified atom stereocenters. The lowest BCUT2D eigenvalue weighted by Crippen LogP contribution is -2.41. The molecule has 4 nitrogen and oxygen atoms in total. The van der Waals surface area contributed by atoms with Crippen molar-refractivity contribution in [2.45, 2.75) is 26.8 Å². The highest BCUT2D eigenvalue weighted by atomic mass is 35.5. The van der Waals surface area contributed by atoms with Crippen molar-refractivity contribution in [1.29, 1.82) is 0 Å². The number of hydrogen-bond donors (Lipinski definition) is 1. The number of carbonyl (C=O) groups excluding carboxylic acids is 1. The normalized spacial score (nSPS) is 20.7. The van der Waals surface area contributed by atoms with Crippen LogP contribution >= 0.6 is 12.4 Å². The van der Waals surface area contributed by atoms with Crippen molar-refractivity contribution in [2.75, 3.05) is 26.7 Å². The Hall–Kier alpha value is -1.26. The Morgan fingerprint density at radius 3 is 2.76 bits per heavy atom. The van der Waals surface area contributed by atoms with Gasteiger partial charge in [0.25, 0.3) is 0 Å². The second kappa shape index (κ2) is 7.66. The molecule has 1 aliphatic rings. The van der Waals surface area contributed by atoms with Gasteiger partial charge in [-0.2, -0.15) is 0 Å². The summed E-state index contributed by atoms with van der Waals surface area (Å²) in [5.74, 6) is 1.07. The first kappa shape index (κ1) is 17.8. The minimum atomic E-state index is -0.269. The van der Waals surface area contributed by atoms with Gasteiger partial charge < -0.3 is 15.0 Å². The Balaban J connectivity index is 0.00000220. The molecule has 1 N–H and O–H groups in total. The van der Waals surface area contributed by atoms with E-state index in [-0.39, 0.29) is 23.7 Å². The summed E-state index contributed by atoms with van der Waals surface area (Å²) in [5.41, 5.74) is 0.787. The van der Waals surface area contributed by atoms with Crippen LogP contribution in [0.1, 0.15) is 25.8 Å². The molecule has 1 heterocycles. The van der Waals surface area contributed by atoms with Crippen LogP contribution in [-0.4, -0.2) is 37.6 Å². The van der Waals surface area contributed by atoms with E-state index in [0.29, 0.717) is 13.2 Å². The molecule has 1 saturated heterocycles. The van der Waals surface area contributed by atoms with Crippen molar-refractivity contribution in [3.8, 4) is 5.75 Å². The number of para-hydroxylation sites is 1. The zero-order valence-electron chi connectivity index (χ0n) is 13.0. The van der Waals surface area contributed by atoms with E-state index < -0.39 is 0 Å². The summed E-state index contributed by atoms with van der Waals surface area (Å²) in [4.78, 5) is 14.4. The van der Waals surface area contributed by atoms with E-state index in [4.69, 9.17) is 4.74 Å². The van der Waals surface area contributed by atoms with Crippen molar-refractivity contribution in [3.05, 3.63) is 29.8 Å². The van der Waals surface area contributed by atoms with Crippen LogP contribution in [-0.2, 0) is 11.3 Å². The zero-order valence-corrected chi connectivity index (χ0v) is 13.8. The minimum absolute atomic E-state index is 0. The molecular formula is C16H25ClN2O2. The molecule has 0 radical (unpaired) electrons. The number of benzene rings is 1. The molecule has 1 amide bonds. The van der Waals surface area contributed by atoms with E-state index in [9.17, 15) is 4.79 Å². The molecule has 21 heavy (non-hydrogen) atoms. The number of carbonyl (C=O) groups is 1. The third-order valence-corrected chi connectivity index (χ3v) is 3.91. The molecule has 118 valence electrons. The maximum Gasteiger partial charge on any atom is 0.229 e. The Morgan fingerprint density at radius 1 is 1.43 bits per heavy atom. The van der Waals surface area contributed by atoms with E-state index in [1.807, 2.05) is 50.1 Å². The van der Waals surface area contributed by atoms with Crippen LogP contribution in [0.15, 0.2) is 24.3 Å². The van der Waals surface area contributed by atoms with E-state index in [0.717, 1.165) is 30.8 Å². The van der Waals surface area contributed by atoms with Crippen molar-refractivity contribution in [2.24, 2.45) is 5.41 Å². The first-order valence-electron chi connectivity index (χ1n) is 7.24. The van der Waals surface area contributed by atoms with Crippen LogP contribution < -0.4 is 10.1 Å². The number of nitrogens with one attached hydrogen (secondary N) is 1. The van der Waals surface area contributed by atoms with Gasteiger partial charge >= 0.3 is 0 Å². The summed E-state index contributed by atoms with van der Waals surface area (Å²) in [6.07, 6.45) is 0.906. The Morgan fingerprint density at radius 2 is 2.14 bits per heavy atom. The van der Waals surface area contributed by atoms with Crippen LogP contribution in [0, 0.1) is 5.41 Å². The van der Waals surface area contributed by atoms with Gasteiger partial charge in [-0.15, -0.1) is 12.4 Å². The lowest BCUT2D eigenvalue weighted by molar-refractivity contribution is -0.139. The van der Waals surface area contributed by atoms with Crippen LogP contribution in [0.3, 0.4) is 0 Å². The highest BCUT2D eigenvalue weighted by Gasteiger charge is 2.38. The highest BCUT2D eigenvalue weighted by Crippen LogP contribution is 2.28. The molecule has 0 spiro atoms. The van der Waals surface area contributed by atoms with Crippen molar-refractivity contribution in [1.82, 2.24) is 10.2 Å². The van der Waals surface area contributed by atoms with Gasteiger partial charge in [0.1, 0.15) is 5.75 Å². The molecule has 0 saturated carbocycles. The maximum atomic E-state index is 12.6. The predicted molar refractivity (Wildman–Crippen MR) is 86.9 cm³/mol. The molecule has 5 heteroatoms. The third kappa shape index (κ3) is 4.11. The number of rotatable bonds is 5. The number of amides is 1. The molecule has 2 rings (SSSR count). The van der Waals surface area contributed by atoms with Gasteiger partial charge in [0.05, 0.1) is 12.0 Å². The number of halogens is 1. The van der Waals surface area contributed by atoms with Crippen LogP contribution in [0.25, 0.3) is 0 Å². The monoisotopic (exact) mass is 312 g/mol. The molecule has 0 aromatic heterocycles. The lowest BCUT2D eigenvalue weighted by Gasteiger charge is -2.28. The van der Waals surface area contributed by atoms with Crippen LogP contribution in [0.2, 0.25) is 0 Å². The summed E-state index contributed by atoms with van der Waals surface area (Å²) in [7, 11) is 1.87. The maximum absolute atomic E-state index is 12.6. The van der Waals surface area contributed by atoms with Gasteiger partial charge in [-0.05, 0) is 32.9 Å². The lowest BCUT2D eigenvalue weighted by atomic mass is 9.88. The van der Waals surface area contributed by atoms with E-state index in [1.165, 1.54) is 0 Å². The first-order chi connectivity index (χ1) is 9.57. The quantitative estimate of drug-likeness (QED) is 0.908. The predicted octanol–water partition coefficient (Wildman–Crippen LogP) is 2.47. The van der Waals surface area contributed by atoms with Gasteiger partial charge in [0.2, 0.25) is 5.91 Å². The molecule has 0 bridgehead atoms. The fourth-order valence-electron chi connectivity index (χ4n) is 2.72. The topological polar surface area (TPSA) is 41.6 Å². The number of nitrogens with zero attached hydrogens (tertiary/aromatic N) is 1. The standard InChI is InChI=1S/C16H24N2O2.ClH/c1-4-20-14-8-6-5-7-13(14)11-18(3)15(19)16(2)9-10-17-12-16;/h5-8,17H,4,9-12H2,1-3H3;1H. The summed E-state index contributed by atoms with van der Waals surface area (Å²) in [6, 6.07) is 7.91. The van der Waals surface area contributed by atoms with Gasteiger partial charge in [0, 0.05) is 25.7 Å². The van der Waals surface area contributed by atoms with E-state index in [1.54, 1.807) is 0 Å². The van der Waals surface area contributed by atoms with Gasteiger partial charge in [-0.1, -0.05) is 18.2 Å². The molecule has 0 aliphatic carbocycles. The highest BCUT2D eigenvalue weighted by molar-refractivity contribution is 5.85. The van der Waals surface area contributed by atoms with Gasteiger partial charge in [-0.3, -0.25) is 4.79 Å². The molecule has 1 fully saturated rings. The Kier molecular flexibility index (Phi) is 6.49. The Bertz CT molecular complexity index is 473. The van der Waals surface area contributed by atoms with Crippen LogP contribution in [0.5, 0.6) is 5.75 Å². The SMILES string of the molecule is CCOc1ccccc1CN(C)C(=O)C1(C)CCNC1.Cl. The van der Waals surface area contributed by atoms with Crippen LogP contribution in [0.4, 0.5) is 0 Å². The average Bonchev–Trinajstić information content (AvgIpc) is 2.88. The van der Waals surface area contributed by atoms with Gasteiger partial charge in [-0.25, -0.2) is 0 Å². The van der Waals surface area contributed by atoms with Crippen molar-refractivity contribution >= 4 is 18.3 Å². The van der Waals surface area contributed by atoms with E-state index in [2.05, 4.69) is 5.32 Å². The average molecular weight is 313 g/mol. The fraction of sp³-hybridized carbons (Fsp3) is 0.562. The summed E-state index contributed by atoms with van der Waals surface area (Å²) < 4.78 is 5.62. The Labute approximate surface area is 133 Å². The first-order valence-corrected chi connectivity index (χ1v) is 7.24.